The lowest BCUT2D eigenvalue weighted by Gasteiger charge is -2.13. The van der Waals surface area contributed by atoms with Crippen LogP contribution in [0.4, 0.5) is 5.69 Å². The summed E-state index contributed by atoms with van der Waals surface area (Å²) >= 11 is 0. The van der Waals surface area contributed by atoms with Gasteiger partial charge in [-0.3, -0.25) is 9.59 Å². The van der Waals surface area contributed by atoms with Crippen molar-refractivity contribution in [2.24, 2.45) is 0 Å². The van der Waals surface area contributed by atoms with E-state index >= 15 is 0 Å². The molecule has 0 spiro atoms. The van der Waals surface area contributed by atoms with Gasteiger partial charge in [0, 0.05) is 17.3 Å². The molecule has 0 heterocycles. The molecule has 0 aliphatic carbocycles. The van der Waals surface area contributed by atoms with Gasteiger partial charge in [-0.05, 0) is 51.1 Å². The molecular formula is C20H24N2O4. The normalized spacial score (nSPS) is 10.3. The van der Waals surface area contributed by atoms with Crippen LogP contribution >= 0.6 is 0 Å². The second-order valence-electron chi connectivity index (χ2n) is 6.20. The molecule has 0 saturated heterocycles. The van der Waals surface area contributed by atoms with Crippen LogP contribution in [-0.2, 0) is 4.79 Å². The molecule has 2 aromatic rings. The zero-order valence-electron chi connectivity index (χ0n) is 15.5. The minimum Gasteiger partial charge on any atom is -0.493 e. The fraction of sp³-hybridized carbons (Fsp3) is 0.300. The number of nitrogens with one attached hydrogen (secondary N) is 2. The van der Waals surface area contributed by atoms with E-state index in [1.54, 1.807) is 18.2 Å². The molecule has 2 rings (SSSR count). The lowest BCUT2D eigenvalue weighted by molar-refractivity contribution is -0.123. The maximum Gasteiger partial charge on any atom is 0.258 e. The van der Waals surface area contributed by atoms with E-state index in [1.807, 2.05) is 45.0 Å². The van der Waals surface area contributed by atoms with E-state index in [1.165, 1.54) is 7.11 Å². The van der Waals surface area contributed by atoms with Crippen molar-refractivity contribution in [1.29, 1.82) is 0 Å². The molecule has 0 unspecified atom stereocenters. The van der Waals surface area contributed by atoms with E-state index < -0.39 is 0 Å². The Morgan fingerprint density at radius 2 is 1.73 bits per heavy atom. The van der Waals surface area contributed by atoms with Crippen molar-refractivity contribution in [2.45, 2.75) is 26.8 Å². The summed E-state index contributed by atoms with van der Waals surface area (Å²) in [5, 5.41) is 5.57. The average Bonchev–Trinajstić information content (AvgIpc) is 2.61. The number of hydrogen-bond donors (Lipinski definition) is 2. The molecule has 138 valence electrons. The van der Waals surface area contributed by atoms with Crippen molar-refractivity contribution in [3.63, 3.8) is 0 Å². The van der Waals surface area contributed by atoms with Crippen molar-refractivity contribution in [2.75, 3.05) is 19.0 Å². The Balaban J connectivity index is 2.05. The van der Waals surface area contributed by atoms with Gasteiger partial charge in [-0.1, -0.05) is 17.7 Å². The van der Waals surface area contributed by atoms with Gasteiger partial charge in [0.15, 0.2) is 18.1 Å². The number of benzene rings is 2. The quantitative estimate of drug-likeness (QED) is 0.799. The molecule has 0 saturated carbocycles. The summed E-state index contributed by atoms with van der Waals surface area (Å²) in [6.45, 7) is 5.61. The second kappa shape index (κ2) is 8.89. The summed E-state index contributed by atoms with van der Waals surface area (Å²) in [4.78, 5) is 24.1. The summed E-state index contributed by atoms with van der Waals surface area (Å²) in [5.41, 5.74) is 2.26. The SMILES string of the molecule is COc1cc(C(=O)Nc2ccc(C)cc2)ccc1OCC(=O)NC(C)C. The first-order valence-electron chi connectivity index (χ1n) is 8.37. The highest BCUT2D eigenvalue weighted by Crippen LogP contribution is 2.28. The van der Waals surface area contributed by atoms with Crippen LogP contribution in [0.3, 0.4) is 0 Å². The van der Waals surface area contributed by atoms with Gasteiger partial charge in [0.05, 0.1) is 7.11 Å². The number of hydrogen-bond acceptors (Lipinski definition) is 4. The largest absolute Gasteiger partial charge is 0.493 e. The first kappa shape index (κ1) is 19.3. The lowest BCUT2D eigenvalue weighted by Crippen LogP contribution is -2.34. The zero-order chi connectivity index (χ0) is 19.1. The standard InChI is InChI=1S/C20H24N2O4/c1-13(2)21-19(23)12-26-17-10-7-15(11-18(17)25-4)20(24)22-16-8-5-14(3)6-9-16/h5-11,13H,12H2,1-4H3,(H,21,23)(H,22,24). The minimum atomic E-state index is -0.253. The minimum absolute atomic E-state index is 0.0424. The molecule has 0 aliphatic rings. The predicted molar refractivity (Wildman–Crippen MR) is 101 cm³/mol. The number of rotatable bonds is 7. The van der Waals surface area contributed by atoms with Crippen LogP contribution in [-0.4, -0.2) is 31.6 Å². The summed E-state index contributed by atoms with van der Waals surface area (Å²) in [6, 6.07) is 12.4. The van der Waals surface area contributed by atoms with E-state index in [-0.39, 0.29) is 24.5 Å². The maximum absolute atomic E-state index is 12.4. The number of carbonyl (C=O) groups is 2. The highest BCUT2D eigenvalue weighted by atomic mass is 16.5. The summed E-state index contributed by atoms with van der Waals surface area (Å²) < 4.78 is 10.8. The number of amides is 2. The Bertz CT molecular complexity index is 770. The van der Waals surface area contributed by atoms with Crippen molar-refractivity contribution in [3.8, 4) is 11.5 Å². The summed E-state index contributed by atoms with van der Waals surface area (Å²) in [6.07, 6.45) is 0. The van der Waals surface area contributed by atoms with Crippen LogP contribution in [0.1, 0.15) is 29.8 Å². The smallest absolute Gasteiger partial charge is 0.258 e. The number of aryl methyl sites for hydroxylation is 1. The maximum atomic E-state index is 12.4. The molecule has 0 aromatic heterocycles. The lowest BCUT2D eigenvalue weighted by atomic mass is 10.1. The van der Waals surface area contributed by atoms with Gasteiger partial charge in [-0.15, -0.1) is 0 Å². The van der Waals surface area contributed by atoms with E-state index in [2.05, 4.69) is 10.6 Å². The third-order valence-electron chi connectivity index (χ3n) is 3.54. The van der Waals surface area contributed by atoms with E-state index in [0.29, 0.717) is 22.7 Å². The third-order valence-corrected chi connectivity index (χ3v) is 3.54. The summed E-state index contributed by atoms with van der Waals surface area (Å²) in [5.74, 6) is 0.316. The number of anilines is 1. The molecular weight excluding hydrogens is 332 g/mol. The second-order valence-corrected chi connectivity index (χ2v) is 6.20. The van der Waals surface area contributed by atoms with Crippen molar-refractivity contribution in [1.82, 2.24) is 5.32 Å². The Hall–Kier alpha value is -3.02. The van der Waals surface area contributed by atoms with Crippen molar-refractivity contribution >= 4 is 17.5 Å². The van der Waals surface area contributed by atoms with Gasteiger partial charge in [0.25, 0.3) is 11.8 Å². The molecule has 0 atom stereocenters. The van der Waals surface area contributed by atoms with E-state index in [0.717, 1.165) is 5.56 Å². The fourth-order valence-corrected chi connectivity index (χ4v) is 2.28. The first-order valence-corrected chi connectivity index (χ1v) is 8.37. The Labute approximate surface area is 153 Å². The molecule has 0 aliphatic heterocycles. The van der Waals surface area contributed by atoms with Crippen molar-refractivity contribution in [3.05, 3.63) is 53.6 Å². The number of ether oxygens (including phenoxy) is 2. The van der Waals surface area contributed by atoms with Gasteiger partial charge in [0.1, 0.15) is 0 Å². The van der Waals surface area contributed by atoms with Crippen LogP contribution in [0.5, 0.6) is 11.5 Å². The molecule has 0 radical (unpaired) electrons. The van der Waals surface area contributed by atoms with Crippen LogP contribution in [0.25, 0.3) is 0 Å². The zero-order valence-corrected chi connectivity index (χ0v) is 15.5. The first-order chi connectivity index (χ1) is 12.4. The Kier molecular flexibility index (Phi) is 6.60. The van der Waals surface area contributed by atoms with Crippen LogP contribution in [0.2, 0.25) is 0 Å². The van der Waals surface area contributed by atoms with Crippen LogP contribution in [0, 0.1) is 6.92 Å². The van der Waals surface area contributed by atoms with Gasteiger partial charge in [-0.2, -0.15) is 0 Å². The highest BCUT2D eigenvalue weighted by molar-refractivity contribution is 6.04. The third kappa shape index (κ3) is 5.51. The Morgan fingerprint density at radius 3 is 2.35 bits per heavy atom. The Morgan fingerprint density at radius 1 is 1.04 bits per heavy atom. The molecule has 2 amide bonds. The van der Waals surface area contributed by atoms with Gasteiger partial charge in [-0.25, -0.2) is 0 Å². The van der Waals surface area contributed by atoms with Gasteiger partial charge >= 0.3 is 0 Å². The predicted octanol–water partition coefficient (Wildman–Crippen LogP) is 3.16. The van der Waals surface area contributed by atoms with Crippen LogP contribution in [0.15, 0.2) is 42.5 Å². The molecule has 6 nitrogen and oxygen atoms in total. The molecule has 0 bridgehead atoms. The molecule has 6 heteroatoms. The van der Waals surface area contributed by atoms with Gasteiger partial charge < -0.3 is 20.1 Å². The molecule has 0 fully saturated rings. The topological polar surface area (TPSA) is 76.7 Å². The molecule has 2 aromatic carbocycles. The average molecular weight is 356 g/mol. The molecule has 2 N–H and O–H groups in total. The number of carbonyl (C=O) groups excluding carboxylic acids is 2. The van der Waals surface area contributed by atoms with E-state index in [9.17, 15) is 9.59 Å². The fourth-order valence-electron chi connectivity index (χ4n) is 2.28. The van der Waals surface area contributed by atoms with Crippen molar-refractivity contribution < 1.29 is 19.1 Å². The highest BCUT2D eigenvalue weighted by Gasteiger charge is 2.13. The molecule has 26 heavy (non-hydrogen) atoms. The van der Waals surface area contributed by atoms with Crippen LogP contribution < -0.4 is 20.1 Å². The number of methoxy groups -OCH3 is 1. The van der Waals surface area contributed by atoms with E-state index in [4.69, 9.17) is 9.47 Å². The monoisotopic (exact) mass is 356 g/mol. The van der Waals surface area contributed by atoms with Gasteiger partial charge in [0.2, 0.25) is 0 Å². The summed E-state index contributed by atoms with van der Waals surface area (Å²) in [7, 11) is 1.48.